The van der Waals surface area contributed by atoms with E-state index in [9.17, 15) is 0 Å². The van der Waals surface area contributed by atoms with E-state index in [1.165, 1.54) is 70.6 Å². The van der Waals surface area contributed by atoms with Crippen LogP contribution in [0.15, 0.2) is 11.6 Å². The van der Waals surface area contributed by atoms with Gasteiger partial charge in [-0.1, -0.05) is 44.8 Å². The molecule has 0 heteroatoms. The zero-order chi connectivity index (χ0) is 13.1. The molecule has 1 saturated carbocycles. The smallest absolute Gasteiger partial charge is 0.0115 e. The minimum absolute atomic E-state index is 0.604. The van der Waals surface area contributed by atoms with Gasteiger partial charge in [0, 0.05) is 0 Å². The van der Waals surface area contributed by atoms with Crippen LogP contribution in [-0.4, -0.2) is 0 Å². The number of rotatable bonds is 3. The van der Waals surface area contributed by atoms with Gasteiger partial charge in [0.05, 0.1) is 0 Å². The summed E-state index contributed by atoms with van der Waals surface area (Å²) in [6, 6.07) is 0. The first-order chi connectivity index (χ1) is 8.64. The summed E-state index contributed by atoms with van der Waals surface area (Å²) in [7, 11) is 0. The SMILES string of the molecule is CCCC1(CC)CCC2(C=C(C)CCCC2)CC1. The normalized spacial score (nSPS) is 37.4. The maximum atomic E-state index is 2.69. The van der Waals surface area contributed by atoms with Crippen molar-refractivity contribution < 1.29 is 0 Å². The van der Waals surface area contributed by atoms with E-state index in [4.69, 9.17) is 0 Å². The molecule has 0 N–H and O–H groups in total. The highest BCUT2D eigenvalue weighted by Gasteiger charge is 2.40. The van der Waals surface area contributed by atoms with E-state index < -0.39 is 0 Å². The molecular weight excluding hydrogens is 216 g/mol. The molecule has 0 heterocycles. The summed E-state index contributed by atoms with van der Waals surface area (Å²) in [6.45, 7) is 7.14. The van der Waals surface area contributed by atoms with Gasteiger partial charge in [0.15, 0.2) is 0 Å². The molecule has 0 aliphatic heterocycles. The standard InChI is InChI=1S/C18H32/c1-4-9-17(5-2)11-13-18(14-12-17)10-7-6-8-16(3)15-18/h15H,4-14H2,1-3H3. The molecule has 2 aliphatic carbocycles. The monoisotopic (exact) mass is 248 g/mol. The Bertz CT molecular complexity index is 289. The van der Waals surface area contributed by atoms with Crippen molar-refractivity contribution in [2.24, 2.45) is 10.8 Å². The number of hydrogen-bond acceptors (Lipinski definition) is 0. The van der Waals surface area contributed by atoms with Gasteiger partial charge in [-0.3, -0.25) is 0 Å². The van der Waals surface area contributed by atoms with Crippen LogP contribution < -0.4 is 0 Å². The molecule has 18 heavy (non-hydrogen) atoms. The van der Waals surface area contributed by atoms with E-state index in [2.05, 4.69) is 26.8 Å². The molecule has 0 amide bonds. The summed E-state index contributed by atoms with van der Waals surface area (Å²) in [4.78, 5) is 0. The summed E-state index contributed by atoms with van der Waals surface area (Å²) < 4.78 is 0. The topological polar surface area (TPSA) is 0 Å². The van der Waals surface area contributed by atoms with Crippen molar-refractivity contribution in [2.75, 3.05) is 0 Å². The highest BCUT2D eigenvalue weighted by molar-refractivity contribution is 5.12. The Balaban J connectivity index is 2.05. The van der Waals surface area contributed by atoms with Crippen molar-refractivity contribution in [1.82, 2.24) is 0 Å². The van der Waals surface area contributed by atoms with Crippen molar-refractivity contribution in [3.63, 3.8) is 0 Å². The average Bonchev–Trinajstić information content (AvgIpc) is 2.55. The zero-order valence-electron chi connectivity index (χ0n) is 12.9. The summed E-state index contributed by atoms with van der Waals surface area (Å²) >= 11 is 0. The van der Waals surface area contributed by atoms with Crippen molar-refractivity contribution in [1.29, 1.82) is 0 Å². The van der Waals surface area contributed by atoms with Crippen LogP contribution in [0.4, 0.5) is 0 Å². The molecule has 0 aromatic heterocycles. The van der Waals surface area contributed by atoms with E-state index >= 15 is 0 Å². The van der Waals surface area contributed by atoms with Gasteiger partial charge in [0.2, 0.25) is 0 Å². The quantitative estimate of drug-likeness (QED) is 0.517. The first kappa shape index (κ1) is 14.2. The summed E-state index contributed by atoms with van der Waals surface area (Å²) in [5.41, 5.74) is 2.98. The van der Waals surface area contributed by atoms with Crippen LogP contribution in [0.3, 0.4) is 0 Å². The maximum absolute atomic E-state index is 2.69. The second kappa shape index (κ2) is 5.80. The Morgan fingerprint density at radius 1 is 1.00 bits per heavy atom. The lowest BCUT2D eigenvalue weighted by atomic mass is 9.60. The molecular formula is C18H32. The highest BCUT2D eigenvalue weighted by atomic mass is 14.4. The predicted octanol–water partition coefficient (Wildman–Crippen LogP) is 6.26. The van der Waals surface area contributed by atoms with Gasteiger partial charge < -0.3 is 0 Å². The molecule has 2 rings (SSSR count). The molecule has 2 aliphatic rings. The van der Waals surface area contributed by atoms with Crippen LogP contribution in [0, 0.1) is 10.8 Å². The molecule has 0 aromatic carbocycles. The van der Waals surface area contributed by atoms with Crippen molar-refractivity contribution in [2.45, 2.75) is 91.4 Å². The van der Waals surface area contributed by atoms with Gasteiger partial charge in [-0.25, -0.2) is 0 Å². The van der Waals surface area contributed by atoms with Gasteiger partial charge in [-0.15, -0.1) is 0 Å². The van der Waals surface area contributed by atoms with E-state index in [1.807, 2.05) is 0 Å². The molecule has 1 fully saturated rings. The fourth-order valence-electron chi connectivity index (χ4n) is 4.53. The predicted molar refractivity (Wildman–Crippen MR) is 80.8 cm³/mol. The fourth-order valence-corrected chi connectivity index (χ4v) is 4.53. The van der Waals surface area contributed by atoms with Crippen LogP contribution in [-0.2, 0) is 0 Å². The molecule has 0 nitrogen and oxygen atoms in total. The van der Waals surface area contributed by atoms with E-state index in [0.29, 0.717) is 10.8 Å². The molecule has 0 radical (unpaired) electrons. The minimum atomic E-state index is 0.604. The lowest BCUT2D eigenvalue weighted by Gasteiger charge is -2.45. The second-order valence-corrected chi connectivity index (χ2v) is 7.16. The Kier molecular flexibility index (Phi) is 4.56. The third kappa shape index (κ3) is 3.00. The molecule has 0 atom stereocenters. The molecule has 0 aromatic rings. The van der Waals surface area contributed by atoms with Crippen molar-refractivity contribution in [3.05, 3.63) is 11.6 Å². The van der Waals surface area contributed by atoms with Crippen LogP contribution in [0.1, 0.15) is 91.4 Å². The van der Waals surface area contributed by atoms with E-state index in [0.717, 1.165) is 0 Å². The van der Waals surface area contributed by atoms with Gasteiger partial charge in [0.1, 0.15) is 0 Å². The number of hydrogen-bond donors (Lipinski definition) is 0. The molecule has 0 unspecified atom stereocenters. The Morgan fingerprint density at radius 3 is 2.33 bits per heavy atom. The second-order valence-electron chi connectivity index (χ2n) is 7.16. The average molecular weight is 248 g/mol. The summed E-state index contributed by atoms with van der Waals surface area (Å²) in [5.74, 6) is 0. The fraction of sp³-hybridized carbons (Fsp3) is 0.889. The van der Waals surface area contributed by atoms with Crippen molar-refractivity contribution >= 4 is 0 Å². The van der Waals surface area contributed by atoms with Gasteiger partial charge in [-0.05, 0) is 69.1 Å². The van der Waals surface area contributed by atoms with Crippen LogP contribution in [0.5, 0.6) is 0 Å². The van der Waals surface area contributed by atoms with Gasteiger partial charge >= 0.3 is 0 Å². The lowest BCUT2D eigenvalue weighted by Crippen LogP contribution is -2.33. The van der Waals surface area contributed by atoms with E-state index in [-0.39, 0.29) is 0 Å². The zero-order valence-corrected chi connectivity index (χ0v) is 12.9. The number of allylic oxidation sites excluding steroid dienone is 2. The van der Waals surface area contributed by atoms with Crippen LogP contribution in [0.25, 0.3) is 0 Å². The Hall–Kier alpha value is -0.260. The first-order valence-electron chi connectivity index (χ1n) is 8.32. The molecule has 0 saturated heterocycles. The van der Waals surface area contributed by atoms with Gasteiger partial charge in [0.25, 0.3) is 0 Å². The van der Waals surface area contributed by atoms with Crippen LogP contribution >= 0.6 is 0 Å². The largest absolute Gasteiger partial charge is 0.0794 e. The molecule has 0 bridgehead atoms. The summed E-state index contributed by atoms with van der Waals surface area (Å²) in [6.07, 6.45) is 18.5. The van der Waals surface area contributed by atoms with Crippen molar-refractivity contribution in [3.8, 4) is 0 Å². The van der Waals surface area contributed by atoms with Gasteiger partial charge in [-0.2, -0.15) is 0 Å². The van der Waals surface area contributed by atoms with Crippen LogP contribution in [0.2, 0.25) is 0 Å². The highest BCUT2D eigenvalue weighted by Crippen LogP contribution is 2.53. The Morgan fingerprint density at radius 2 is 1.72 bits per heavy atom. The maximum Gasteiger partial charge on any atom is -0.0115 e. The third-order valence-corrected chi connectivity index (χ3v) is 5.89. The lowest BCUT2D eigenvalue weighted by molar-refractivity contribution is 0.0873. The Labute approximate surface area is 114 Å². The van der Waals surface area contributed by atoms with E-state index in [1.54, 1.807) is 5.57 Å². The minimum Gasteiger partial charge on any atom is -0.0794 e. The molecule has 104 valence electrons. The third-order valence-electron chi connectivity index (χ3n) is 5.89. The summed E-state index contributed by atoms with van der Waals surface area (Å²) in [5, 5.41) is 0. The molecule has 1 spiro atoms. The first-order valence-corrected chi connectivity index (χ1v) is 8.32.